The van der Waals surface area contributed by atoms with Gasteiger partial charge in [0.25, 0.3) is 11.8 Å². The Hall–Kier alpha value is -3.36. The Morgan fingerprint density at radius 3 is 2.10 bits per heavy atom. The lowest BCUT2D eigenvalue weighted by atomic mass is 10.1. The minimum atomic E-state index is -1.70. The fourth-order valence-corrected chi connectivity index (χ4v) is 2.98. The predicted molar refractivity (Wildman–Crippen MR) is 97.6 cm³/mol. The molecule has 1 fully saturated rings. The Labute approximate surface area is 164 Å². The zero-order valence-corrected chi connectivity index (χ0v) is 15.3. The minimum Gasteiger partial charge on any atom is -0.343 e. The molecule has 9 heteroatoms. The molecule has 6 nitrogen and oxygen atoms in total. The molecule has 1 saturated heterocycles. The van der Waals surface area contributed by atoms with Gasteiger partial charge in [0.05, 0.1) is 12.1 Å². The van der Waals surface area contributed by atoms with E-state index >= 15 is 0 Å². The lowest BCUT2D eigenvalue weighted by Crippen LogP contribution is -2.52. The molecule has 0 radical (unpaired) electrons. The third kappa shape index (κ3) is 4.56. The third-order valence-electron chi connectivity index (χ3n) is 4.62. The normalized spacial score (nSPS) is 13.9. The summed E-state index contributed by atoms with van der Waals surface area (Å²) in [4.78, 5) is 39.4. The third-order valence-corrected chi connectivity index (χ3v) is 4.62. The summed E-state index contributed by atoms with van der Waals surface area (Å²) >= 11 is 0. The second kappa shape index (κ2) is 8.76. The second-order valence-corrected chi connectivity index (χ2v) is 6.44. The van der Waals surface area contributed by atoms with Crippen LogP contribution in [-0.2, 0) is 4.79 Å². The number of amides is 3. The molecule has 3 rings (SSSR count). The number of hydrogen-bond acceptors (Lipinski definition) is 3. The first-order valence-corrected chi connectivity index (χ1v) is 8.92. The van der Waals surface area contributed by atoms with E-state index in [9.17, 15) is 27.6 Å². The quantitative estimate of drug-likeness (QED) is 0.789. The average Bonchev–Trinajstić information content (AvgIpc) is 2.76. The first-order valence-electron chi connectivity index (χ1n) is 8.92. The van der Waals surface area contributed by atoms with Crippen LogP contribution in [0.25, 0.3) is 0 Å². The van der Waals surface area contributed by atoms with Crippen molar-refractivity contribution in [3.05, 3.63) is 71.0 Å². The molecule has 0 aromatic heterocycles. The van der Waals surface area contributed by atoms with Crippen LogP contribution >= 0.6 is 0 Å². The van der Waals surface area contributed by atoms with Gasteiger partial charge in [-0.15, -0.1) is 0 Å². The van der Waals surface area contributed by atoms with Crippen molar-refractivity contribution in [2.75, 3.05) is 32.7 Å². The molecule has 1 aliphatic heterocycles. The zero-order chi connectivity index (χ0) is 21.0. The highest BCUT2D eigenvalue weighted by molar-refractivity contribution is 5.96. The van der Waals surface area contributed by atoms with E-state index in [1.165, 1.54) is 9.80 Å². The Kier molecular flexibility index (Phi) is 6.16. The number of hydrogen-bond donors (Lipinski definition) is 1. The van der Waals surface area contributed by atoms with Gasteiger partial charge in [-0.25, -0.2) is 13.2 Å². The molecule has 2 aromatic carbocycles. The molecule has 0 aliphatic carbocycles. The number of halogens is 3. The van der Waals surface area contributed by atoms with Gasteiger partial charge in [0.1, 0.15) is 0 Å². The Morgan fingerprint density at radius 1 is 0.828 bits per heavy atom. The highest BCUT2D eigenvalue weighted by Crippen LogP contribution is 2.18. The van der Waals surface area contributed by atoms with Crippen molar-refractivity contribution in [3.63, 3.8) is 0 Å². The van der Waals surface area contributed by atoms with E-state index < -0.39 is 28.9 Å². The van der Waals surface area contributed by atoms with Crippen molar-refractivity contribution < 1.29 is 27.6 Å². The summed E-state index contributed by atoms with van der Waals surface area (Å²) in [6.07, 6.45) is 0. The highest BCUT2D eigenvalue weighted by atomic mass is 19.2. The number of carbonyl (C=O) groups excluding carboxylic acids is 3. The lowest BCUT2D eigenvalue weighted by Gasteiger charge is -2.35. The van der Waals surface area contributed by atoms with Crippen molar-refractivity contribution in [2.24, 2.45) is 0 Å². The van der Waals surface area contributed by atoms with Crippen LogP contribution in [0.4, 0.5) is 13.2 Å². The fourth-order valence-electron chi connectivity index (χ4n) is 2.98. The topological polar surface area (TPSA) is 69.7 Å². The summed E-state index contributed by atoms with van der Waals surface area (Å²) in [5.74, 6) is -6.06. The summed E-state index contributed by atoms with van der Waals surface area (Å²) in [7, 11) is 0. The second-order valence-electron chi connectivity index (χ2n) is 6.44. The maximum absolute atomic E-state index is 13.8. The molecule has 0 atom stereocenters. The van der Waals surface area contributed by atoms with Crippen LogP contribution in [0.5, 0.6) is 0 Å². The highest BCUT2D eigenvalue weighted by Gasteiger charge is 2.28. The Morgan fingerprint density at radius 2 is 1.45 bits per heavy atom. The zero-order valence-electron chi connectivity index (χ0n) is 15.3. The fraction of sp³-hybridized carbons (Fsp3) is 0.250. The van der Waals surface area contributed by atoms with Gasteiger partial charge in [0.2, 0.25) is 5.91 Å². The van der Waals surface area contributed by atoms with E-state index in [2.05, 4.69) is 5.32 Å². The van der Waals surface area contributed by atoms with E-state index in [-0.39, 0.29) is 44.5 Å². The molecule has 29 heavy (non-hydrogen) atoms. The van der Waals surface area contributed by atoms with Crippen LogP contribution in [0.2, 0.25) is 0 Å². The van der Waals surface area contributed by atoms with Gasteiger partial charge in [0, 0.05) is 31.7 Å². The summed E-state index contributed by atoms with van der Waals surface area (Å²) in [5.41, 5.74) is -0.122. The molecule has 1 aliphatic rings. The number of rotatable bonds is 4. The Bertz CT molecular complexity index is 929. The van der Waals surface area contributed by atoms with E-state index in [1.807, 2.05) is 0 Å². The number of benzene rings is 2. The first kappa shape index (κ1) is 20.4. The Balaban J connectivity index is 1.52. The van der Waals surface area contributed by atoms with Crippen molar-refractivity contribution in [2.45, 2.75) is 0 Å². The van der Waals surface area contributed by atoms with Crippen LogP contribution in [0, 0.1) is 17.5 Å². The van der Waals surface area contributed by atoms with Crippen molar-refractivity contribution in [1.82, 2.24) is 15.1 Å². The van der Waals surface area contributed by atoms with Gasteiger partial charge in [-0.2, -0.15) is 0 Å². The summed E-state index contributed by atoms with van der Waals surface area (Å²) in [5, 5.41) is 2.54. The molecular weight excluding hydrogens is 387 g/mol. The SMILES string of the molecule is O=C(NCC(=O)N1CCN(C(=O)c2ccc(F)c(F)c2F)CC1)c1ccccc1. The van der Waals surface area contributed by atoms with Crippen LogP contribution < -0.4 is 5.32 Å². The van der Waals surface area contributed by atoms with Crippen LogP contribution in [-0.4, -0.2) is 60.2 Å². The van der Waals surface area contributed by atoms with Crippen LogP contribution in [0.1, 0.15) is 20.7 Å². The van der Waals surface area contributed by atoms with Crippen molar-refractivity contribution >= 4 is 17.7 Å². The molecule has 3 amide bonds. The molecule has 0 saturated carbocycles. The lowest BCUT2D eigenvalue weighted by molar-refractivity contribution is -0.131. The van der Waals surface area contributed by atoms with E-state index in [4.69, 9.17) is 0 Å². The number of nitrogens with one attached hydrogen (secondary N) is 1. The predicted octanol–water partition coefficient (Wildman–Crippen LogP) is 1.82. The molecule has 1 N–H and O–H groups in total. The van der Waals surface area contributed by atoms with Gasteiger partial charge >= 0.3 is 0 Å². The molecule has 152 valence electrons. The molecule has 1 heterocycles. The summed E-state index contributed by atoms with van der Waals surface area (Å²) < 4.78 is 40.2. The van der Waals surface area contributed by atoms with Crippen molar-refractivity contribution in [3.8, 4) is 0 Å². The molecule has 2 aromatic rings. The average molecular weight is 405 g/mol. The van der Waals surface area contributed by atoms with Crippen LogP contribution in [0.15, 0.2) is 42.5 Å². The molecular formula is C20H18F3N3O3. The summed E-state index contributed by atoms with van der Waals surface area (Å²) in [6.45, 7) is 0.374. The van der Waals surface area contributed by atoms with E-state index in [0.717, 1.165) is 6.07 Å². The van der Waals surface area contributed by atoms with Crippen molar-refractivity contribution in [1.29, 1.82) is 0 Å². The first-order chi connectivity index (χ1) is 13.9. The minimum absolute atomic E-state index is 0.107. The van der Waals surface area contributed by atoms with Gasteiger partial charge in [-0.05, 0) is 24.3 Å². The maximum atomic E-state index is 13.8. The van der Waals surface area contributed by atoms with Gasteiger partial charge in [0.15, 0.2) is 17.5 Å². The van der Waals surface area contributed by atoms with E-state index in [1.54, 1.807) is 30.3 Å². The largest absolute Gasteiger partial charge is 0.343 e. The summed E-state index contributed by atoms with van der Waals surface area (Å²) in [6, 6.07) is 10.0. The molecule has 0 unspecified atom stereocenters. The standard InChI is InChI=1S/C20H18F3N3O3/c21-15-7-6-14(17(22)18(15)23)20(29)26-10-8-25(9-11-26)16(27)12-24-19(28)13-4-2-1-3-5-13/h1-7H,8-12H2,(H,24,28). The van der Waals surface area contributed by atoms with Gasteiger partial charge < -0.3 is 15.1 Å². The van der Waals surface area contributed by atoms with Gasteiger partial charge in [-0.1, -0.05) is 18.2 Å². The number of carbonyl (C=O) groups is 3. The number of nitrogens with zero attached hydrogens (tertiary/aromatic N) is 2. The van der Waals surface area contributed by atoms with Crippen LogP contribution in [0.3, 0.4) is 0 Å². The van der Waals surface area contributed by atoms with Gasteiger partial charge in [-0.3, -0.25) is 14.4 Å². The monoisotopic (exact) mass is 405 g/mol. The maximum Gasteiger partial charge on any atom is 0.257 e. The van der Waals surface area contributed by atoms with E-state index in [0.29, 0.717) is 11.6 Å². The number of piperazine rings is 1. The molecule has 0 spiro atoms. The molecule has 0 bridgehead atoms. The smallest absolute Gasteiger partial charge is 0.257 e.